The van der Waals surface area contributed by atoms with E-state index in [4.69, 9.17) is 0 Å². The summed E-state index contributed by atoms with van der Waals surface area (Å²) in [6, 6.07) is 10.1. The summed E-state index contributed by atoms with van der Waals surface area (Å²) in [7, 11) is 2.00. The van der Waals surface area contributed by atoms with Crippen LogP contribution in [0.1, 0.15) is 40.9 Å². The van der Waals surface area contributed by atoms with Gasteiger partial charge in [0.1, 0.15) is 17.0 Å². The summed E-state index contributed by atoms with van der Waals surface area (Å²) in [5, 5.41) is 0.979. The minimum atomic E-state index is 0.144. The Labute approximate surface area is 163 Å². The average Bonchev–Trinajstić information content (AvgIpc) is 2.88. The standard InChI is InChI=1S/C21H24N4OS/c1-15-17-19(24(2)16-10-6-5-7-11-16)22-14-23-20(17)27-18(15)21(26)25-12-8-3-4-9-13-25/h5-7,10-11,14H,3-4,8-9,12-13H2,1-2H3. The first-order valence-electron chi connectivity index (χ1n) is 9.49. The molecule has 0 radical (unpaired) electrons. The Morgan fingerprint density at radius 3 is 2.48 bits per heavy atom. The van der Waals surface area contributed by atoms with E-state index < -0.39 is 0 Å². The molecule has 3 heterocycles. The largest absolute Gasteiger partial charge is 0.338 e. The fraction of sp³-hybridized carbons (Fsp3) is 0.381. The second-order valence-electron chi connectivity index (χ2n) is 7.03. The molecule has 2 aromatic heterocycles. The summed E-state index contributed by atoms with van der Waals surface area (Å²) in [6.07, 6.45) is 6.21. The molecule has 1 aliphatic heterocycles. The van der Waals surface area contributed by atoms with Crippen LogP contribution in [0.2, 0.25) is 0 Å². The predicted octanol–water partition coefficient (Wildman–Crippen LogP) is 4.78. The molecule has 0 spiro atoms. The van der Waals surface area contributed by atoms with Crippen molar-refractivity contribution in [3.8, 4) is 0 Å². The molecule has 6 heteroatoms. The van der Waals surface area contributed by atoms with Crippen molar-refractivity contribution in [2.45, 2.75) is 32.6 Å². The Kier molecular flexibility index (Phi) is 5.07. The maximum absolute atomic E-state index is 13.2. The summed E-state index contributed by atoms with van der Waals surface area (Å²) in [6.45, 7) is 3.74. The number of aromatic nitrogens is 2. The normalized spacial score (nSPS) is 15.0. The highest BCUT2D eigenvalue weighted by Gasteiger charge is 2.25. The maximum Gasteiger partial charge on any atom is 0.264 e. The van der Waals surface area contributed by atoms with Crippen molar-refractivity contribution >= 4 is 39.0 Å². The number of para-hydroxylation sites is 1. The van der Waals surface area contributed by atoms with Gasteiger partial charge in [-0.1, -0.05) is 31.0 Å². The predicted molar refractivity (Wildman–Crippen MR) is 111 cm³/mol. The van der Waals surface area contributed by atoms with Crippen molar-refractivity contribution in [2.24, 2.45) is 0 Å². The number of benzene rings is 1. The number of anilines is 2. The van der Waals surface area contributed by atoms with E-state index in [0.29, 0.717) is 0 Å². The van der Waals surface area contributed by atoms with Gasteiger partial charge in [-0.25, -0.2) is 9.97 Å². The first kappa shape index (κ1) is 17.9. The number of hydrogen-bond acceptors (Lipinski definition) is 5. The molecule has 1 fully saturated rings. The maximum atomic E-state index is 13.2. The summed E-state index contributed by atoms with van der Waals surface area (Å²) in [4.78, 5) is 27.9. The minimum absolute atomic E-state index is 0.144. The fourth-order valence-electron chi connectivity index (χ4n) is 3.70. The number of likely N-dealkylation sites (tertiary alicyclic amines) is 1. The Bertz CT molecular complexity index is 945. The zero-order valence-corrected chi connectivity index (χ0v) is 16.6. The average molecular weight is 381 g/mol. The SMILES string of the molecule is Cc1c(C(=O)N2CCCCCC2)sc2ncnc(N(C)c3ccccc3)c12. The highest BCUT2D eigenvalue weighted by molar-refractivity contribution is 7.20. The van der Waals surface area contributed by atoms with Crippen molar-refractivity contribution < 1.29 is 4.79 Å². The Balaban J connectivity index is 1.75. The molecule has 1 saturated heterocycles. The molecule has 4 rings (SSSR count). The van der Waals surface area contributed by atoms with E-state index >= 15 is 0 Å². The monoisotopic (exact) mass is 380 g/mol. The van der Waals surface area contributed by atoms with Gasteiger partial charge in [0.15, 0.2) is 0 Å². The molecular formula is C21H24N4OS. The number of fused-ring (bicyclic) bond motifs is 1. The molecule has 0 unspecified atom stereocenters. The van der Waals surface area contributed by atoms with E-state index in [1.54, 1.807) is 6.33 Å². The van der Waals surface area contributed by atoms with Crippen molar-refractivity contribution in [1.29, 1.82) is 0 Å². The lowest BCUT2D eigenvalue weighted by molar-refractivity contribution is 0.0766. The van der Waals surface area contributed by atoms with Crippen LogP contribution in [0.3, 0.4) is 0 Å². The van der Waals surface area contributed by atoms with Gasteiger partial charge in [0.2, 0.25) is 0 Å². The van der Waals surface area contributed by atoms with Gasteiger partial charge < -0.3 is 9.80 Å². The summed E-state index contributed by atoms with van der Waals surface area (Å²) in [5.41, 5.74) is 2.05. The van der Waals surface area contributed by atoms with Crippen LogP contribution in [0, 0.1) is 6.92 Å². The van der Waals surface area contributed by atoms with Crippen molar-refractivity contribution in [3.05, 3.63) is 47.1 Å². The lowest BCUT2D eigenvalue weighted by atomic mass is 10.1. The van der Waals surface area contributed by atoms with Crippen molar-refractivity contribution in [3.63, 3.8) is 0 Å². The van der Waals surface area contributed by atoms with Gasteiger partial charge in [-0.2, -0.15) is 0 Å². The van der Waals surface area contributed by atoms with Gasteiger partial charge in [0, 0.05) is 25.8 Å². The van der Waals surface area contributed by atoms with E-state index in [9.17, 15) is 4.79 Å². The number of aryl methyl sites for hydroxylation is 1. The third-order valence-electron chi connectivity index (χ3n) is 5.26. The van der Waals surface area contributed by atoms with Gasteiger partial charge in [0.25, 0.3) is 5.91 Å². The van der Waals surface area contributed by atoms with Crippen LogP contribution in [0.25, 0.3) is 10.2 Å². The number of rotatable bonds is 3. The minimum Gasteiger partial charge on any atom is -0.338 e. The van der Waals surface area contributed by atoms with Crippen molar-refractivity contribution in [1.82, 2.24) is 14.9 Å². The van der Waals surface area contributed by atoms with Crippen LogP contribution in [0.15, 0.2) is 36.7 Å². The topological polar surface area (TPSA) is 49.3 Å². The van der Waals surface area contributed by atoms with Crippen LogP contribution in [0.4, 0.5) is 11.5 Å². The van der Waals surface area contributed by atoms with Crippen LogP contribution in [0.5, 0.6) is 0 Å². The van der Waals surface area contributed by atoms with E-state index in [1.807, 2.05) is 37.1 Å². The molecule has 27 heavy (non-hydrogen) atoms. The first-order valence-corrected chi connectivity index (χ1v) is 10.3. The first-order chi connectivity index (χ1) is 13.2. The lowest BCUT2D eigenvalue weighted by Gasteiger charge is -2.20. The highest BCUT2D eigenvalue weighted by Crippen LogP contribution is 2.37. The Hall–Kier alpha value is -2.47. The van der Waals surface area contributed by atoms with E-state index in [-0.39, 0.29) is 5.91 Å². The zero-order chi connectivity index (χ0) is 18.8. The van der Waals surface area contributed by atoms with E-state index in [1.165, 1.54) is 24.2 Å². The van der Waals surface area contributed by atoms with Crippen LogP contribution in [-0.4, -0.2) is 40.9 Å². The molecule has 5 nitrogen and oxygen atoms in total. The van der Waals surface area contributed by atoms with E-state index in [2.05, 4.69) is 27.0 Å². The molecule has 1 aromatic carbocycles. The molecule has 1 aliphatic rings. The smallest absolute Gasteiger partial charge is 0.264 e. The summed E-state index contributed by atoms with van der Waals surface area (Å²) in [5.74, 6) is 0.987. The van der Waals surface area contributed by atoms with Gasteiger partial charge in [-0.15, -0.1) is 11.3 Å². The van der Waals surface area contributed by atoms with Crippen LogP contribution < -0.4 is 4.90 Å². The molecule has 0 atom stereocenters. The second kappa shape index (κ2) is 7.64. The third kappa shape index (κ3) is 3.41. The van der Waals surface area contributed by atoms with Crippen LogP contribution in [-0.2, 0) is 0 Å². The summed E-state index contributed by atoms with van der Waals surface area (Å²) < 4.78 is 0. The number of thiophene rings is 1. The quantitative estimate of drug-likeness (QED) is 0.656. The molecule has 3 aromatic rings. The number of carbonyl (C=O) groups excluding carboxylic acids is 1. The molecule has 140 valence electrons. The zero-order valence-electron chi connectivity index (χ0n) is 15.8. The fourth-order valence-corrected chi connectivity index (χ4v) is 4.81. The van der Waals surface area contributed by atoms with E-state index in [0.717, 1.165) is 58.1 Å². The number of nitrogens with zero attached hydrogens (tertiary/aromatic N) is 4. The summed E-state index contributed by atoms with van der Waals surface area (Å²) >= 11 is 1.49. The van der Waals surface area contributed by atoms with Gasteiger partial charge in [-0.3, -0.25) is 4.79 Å². The number of hydrogen-bond donors (Lipinski definition) is 0. The molecule has 0 aliphatic carbocycles. The second-order valence-corrected chi connectivity index (χ2v) is 8.03. The number of carbonyl (C=O) groups is 1. The molecule has 0 saturated carbocycles. The third-order valence-corrected chi connectivity index (χ3v) is 6.44. The van der Waals surface area contributed by atoms with Gasteiger partial charge in [-0.05, 0) is 37.5 Å². The molecule has 0 N–H and O–H groups in total. The van der Waals surface area contributed by atoms with Crippen LogP contribution >= 0.6 is 11.3 Å². The molecular weight excluding hydrogens is 356 g/mol. The number of amides is 1. The van der Waals surface area contributed by atoms with Gasteiger partial charge in [0.05, 0.1) is 10.3 Å². The Morgan fingerprint density at radius 2 is 1.78 bits per heavy atom. The van der Waals surface area contributed by atoms with Gasteiger partial charge >= 0.3 is 0 Å². The molecule has 1 amide bonds. The highest BCUT2D eigenvalue weighted by atomic mass is 32.1. The lowest BCUT2D eigenvalue weighted by Crippen LogP contribution is -2.31. The Morgan fingerprint density at radius 1 is 1.07 bits per heavy atom. The molecule has 0 bridgehead atoms. The van der Waals surface area contributed by atoms with Crippen molar-refractivity contribution in [2.75, 3.05) is 25.0 Å².